The van der Waals surface area contributed by atoms with Crippen LogP contribution in [0.3, 0.4) is 0 Å². The molecule has 1 aliphatic heterocycles. The minimum atomic E-state index is -0.930. The van der Waals surface area contributed by atoms with Crippen molar-refractivity contribution >= 4 is 11.7 Å². The fourth-order valence-electron chi connectivity index (χ4n) is 4.72. The van der Waals surface area contributed by atoms with Crippen LogP contribution in [0.1, 0.15) is 52.6 Å². The number of likely N-dealkylation sites (N-methyl/N-ethyl adjacent to an activating group) is 1. The molecule has 0 unspecified atom stereocenters. The molecule has 1 N–H and O–H groups in total. The number of carbonyl (C=O) groups excluding carboxylic acids is 2. The van der Waals surface area contributed by atoms with E-state index in [2.05, 4.69) is 0 Å². The zero-order chi connectivity index (χ0) is 23.2. The van der Waals surface area contributed by atoms with Gasteiger partial charge in [0.2, 0.25) is 5.43 Å². The van der Waals surface area contributed by atoms with Crippen LogP contribution in [0.2, 0.25) is 0 Å². The molecule has 7 nitrogen and oxygen atoms in total. The van der Waals surface area contributed by atoms with E-state index in [1.54, 1.807) is 11.6 Å². The highest BCUT2D eigenvalue weighted by molar-refractivity contribution is 6.00. The lowest BCUT2D eigenvalue weighted by Gasteiger charge is -2.53. The molecular formula is C23H24F2N2O5. The Balaban J connectivity index is 1.67. The standard InChI is InChI=1S/C23H24F2N2O5/c1-3-32-15-9-23(10-15)12-26(2)22(31)19-21(30)20(29)16(11-27(19)23)18(28)7-5-13-4-6-14(24)8-17(13)25/h4,6,8,11,15,30H,3,5,7,9-10,12H2,1-2H3. The first-order chi connectivity index (χ1) is 15.2. The molecule has 170 valence electrons. The molecule has 0 bridgehead atoms. The van der Waals surface area contributed by atoms with Crippen molar-refractivity contribution < 1.29 is 28.2 Å². The van der Waals surface area contributed by atoms with Gasteiger partial charge in [-0.25, -0.2) is 8.78 Å². The number of rotatable bonds is 6. The van der Waals surface area contributed by atoms with E-state index in [9.17, 15) is 28.3 Å². The summed E-state index contributed by atoms with van der Waals surface area (Å²) in [5, 5.41) is 10.6. The average Bonchev–Trinajstić information content (AvgIpc) is 2.71. The molecule has 2 heterocycles. The highest BCUT2D eigenvalue weighted by atomic mass is 19.1. The summed E-state index contributed by atoms with van der Waals surface area (Å²) in [6.07, 6.45) is 2.22. The van der Waals surface area contributed by atoms with Gasteiger partial charge in [0.15, 0.2) is 17.2 Å². The summed E-state index contributed by atoms with van der Waals surface area (Å²) < 4.78 is 34.2. The Kier molecular flexibility index (Phi) is 5.62. The summed E-state index contributed by atoms with van der Waals surface area (Å²) in [6, 6.07) is 3.08. The van der Waals surface area contributed by atoms with E-state index in [0.717, 1.165) is 12.1 Å². The molecule has 1 saturated carbocycles. The molecule has 1 aromatic heterocycles. The van der Waals surface area contributed by atoms with Gasteiger partial charge in [-0.3, -0.25) is 14.4 Å². The second-order valence-electron chi connectivity index (χ2n) is 8.47. The Hall–Kier alpha value is -3.07. The van der Waals surface area contributed by atoms with Gasteiger partial charge in [0.25, 0.3) is 5.91 Å². The van der Waals surface area contributed by atoms with Gasteiger partial charge in [0.05, 0.1) is 17.2 Å². The van der Waals surface area contributed by atoms with Crippen LogP contribution in [0.4, 0.5) is 8.78 Å². The van der Waals surface area contributed by atoms with Gasteiger partial charge in [-0.05, 0) is 37.8 Å². The first kappa shape index (κ1) is 22.1. The van der Waals surface area contributed by atoms with E-state index in [1.165, 1.54) is 17.2 Å². The molecule has 4 rings (SSSR count). The number of hydrogen-bond acceptors (Lipinski definition) is 5. The maximum atomic E-state index is 13.9. The van der Waals surface area contributed by atoms with Crippen LogP contribution in [0.25, 0.3) is 0 Å². The number of benzene rings is 1. The summed E-state index contributed by atoms with van der Waals surface area (Å²) >= 11 is 0. The highest BCUT2D eigenvalue weighted by Crippen LogP contribution is 2.45. The lowest BCUT2D eigenvalue weighted by Crippen LogP contribution is -2.61. The summed E-state index contributed by atoms with van der Waals surface area (Å²) in [5.74, 6) is -3.35. The van der Waals surface area contributed by atoms with Crippen LogP contribution < -0.4 is 5.43 Å². The third-order valence-electron chi connectivity index (χ3n) is 6.33. The summed E-state index contributed by atoms with van der Waals surface area (Å²) in [7, 11) is 1.60. The van der Waals surface area contributed by atoms with Crippen molar-refractivity contribution in [3.8, 4) is 5.75 Å². The molecule has 2 aliphatic rings. The minimum Gasteiger partial charge on any atom is -0.503 e. The van der Waals surface area contributed by atoms with Crippen LogP contribution in [0.15, 0.2) is 29.2 Å². The number of pyridine rings is 1. The van der Waals surface area contributed by atoms with Crippen molar-refractivity contribution in [2.24, 2.45) is 0 Å². The predicted octanol–water partition coefficient (Wildman–Crippen LogP) is 2.63. The molecule has 0 saturated heterocycles. The Morgan fingerprint density at radius 2 is 2.00 bits per heavy atom. The van der Waals surface area contributed by atoms with Gasteiger partial charge in [-0.2, -0.15) is 0 Å². The van der Waals surface area contributed by atoms with Crippen LogP contribution in [-0.2, 0) is 16.7 Å². The molecule has 0 atom stereocenters. The van der Waals surface area contributed by atoms with Crippen LogP contribution in [0.5, 0.6) is 5.75 Å². The maximum absolute atomic E-state index is 13.9. The fourth-order valence-corrected chi connectivity index (χ4v) is 4.72. The number of fused-ring (bicyclic) bond motifs is 2. The second-order valence-corrected chi connectivity index (χ2v) is 8.47. The third-order valence-corrected chi connectivity index (χ3v) is 6.33. The van der Waals surface area contributed by atoms with E-state index < -0.39 is 40.0 Å². The van der Waals surface area contributed by atoms with E-state index >= 15 is 0 Å². The quantitative estimate of drug-likeness (QED) is 0.690. The van der Waals surface area contributed by atoms with Crippen molar-refractivity contribution in [2.75, 3.05) is 20.2 Å². The lowest BCUT2D eigenvalue weighted by atomic mass is 9.72. The molecule has 2 aromatic rings. The molecular weight excluding hydrogens is 422 g/mol. The van der Waals surface area contributed by atoms with E-state index in [4.69, 9.17) is 4.74 Å². The largest absolute Gasteiger partial charge is 0.503 e. The van der Waals surface area contributed by atoms with Gasteiger partial charge >= 0.3 is 0 Å². The Morgan fingerprint density at radius 1 is 1.28 bits per heavy atom. The van der Waals surface area contributed by atoms with Gasteiger partial charge in [-0.15, -0.1) is 0 Å². The van der Waals surface area contributed by atoms with Crippen molar-refractivity contribution in [2.45, 2.75) is 44.2 Å². The number of ketones is 1. The normalized spacial score (nSPS) is 22.1. The minimum absolute atomic E-state index is 0.0170. The van der Waals surface area contributed by atoms with Crippen LogP contribution in [0, 0.1) is 11.6 Å². The SMILES string of the molecule is CCOC1CC2(C1)CN(C)C(=O)c1c(O)c(=O)c(C(=O)CCc3ccc(F)cc3F)cn12. The van der Waals surface area contributed by atoms with Crippen molar-refractivity contribution in [1.82, 2.24) is 9.47 Å². The highest BCUT2D eigenvalue weighted by Gasteiger charge is 2.52. The molecule has 1 aliphatic carbocycles. The Labute approximate surface area is 183 Å². The lowest BCUT2D eigenvalue weighted by molar-refractivity contribution is -0.0825. The number of aromatic hydroxyl groups is 1. The van der Waals surface area contributed by atoms with Crippen molar-refractivity contribution in [3.63, 3.8) is 0 Å². The number of halogens is 2. The van der Waals surface area contributed by atoms with Gasteiger partial charge in [0.1, 0.15) is 11.6 Å². The maximum Gasteiger partial charge on any atom is 0.274 e. The molecule has 1 amide bonds. The molecule has 1 spiro atoms. The average molecular weight is 446 g/mol. The Bertz CT molecular complexity index is 1150. The summed E-state index contributed by atoms with van der Waals surface area (Å²) in [5.41, 5.74) is -1.76. The summed E-state index contributed by atoms with van der Waals surface area (Å²) in [6.45, 7) is 2.79. The van der Waals surface area contributed by atoms with E-state index in [1.807, 2.05) is 6.92 Å². The van der Waals surface area contributed by atoms with E-state index in [-0.39, 0.29) is 35.8 Å². The first-order valence-electron chi connectivity index (χ1n) is 10.5. The molecule has 1 aromatic carbocycles. The van der Waals surface area contributed by atoms with E-state index in [0.29, 0.717) is 26.0 Å². The molecule has 9 heteroatoms. The number of ether oxygens (including phenoxy) is 1. The topological polar surface area (TPSA) is 88.8 Å². The zero-order valence-electron chi connectivity index (χ0n) is 17.9. The first-order valence-corrected chi connectivity index (χ1v) is 10.5. The van der Waals surface area contributed by atoms with Crippen molar-refractivity contribution in [3.05, 3.63) is 63.1 Å². The van der Waals surface area contributed by atoms with Gasteiger partial charge in [0, 0.05) is 38.9 Å². The third kappa shape index (κ3) is 3.60. The smallest absolute Gasteiger partial charge is 0.274 e. The monoisotopic (exact) mass is 446 g/mol. The van der Waals surface area contributed by atoms with Gasteiger partial charge in [-0.1, -0.05) is 6.07 Å². The number of carbonyl (C=O) groups is 2. The Morgan fingerprint density at radius 3 is 2.66 bits per heavy atom. The summed E-state index contributed by atoms with van der Waals surface area (Å²) in [4.78, 5) is 39.7. The van der Waals surface area contributed by atoms with Crippen molar-refractivity contribution in [1.29, 1.82) is 0 Å². The second kappa shape index (κ2) is 8.12. The van der Waals surface area contributed by atoms with Gasteiger partial charge < -0.3 is 19.3 Å². The number of nitrogens with zero attached hydrogens (tertiary/aromatic N) is 2. The van der Waals surface area contributed by atoms with Crippen LogP contribution in [-0.4, -0.2) is 52.6 Å². The fraction of sp³-hybridized carbons (Fsp3) is 0.435. The van der Waals surface area contributed by atoms with Crippen LogP contribution >= 0.6 is 0 Å². The predicted molar refractivity (Wildman–Crippen MR) is 111 cm³/mol. The number of aromatic nitrogens is 1. The number of Topliss-reactive ketones (excluding diaryl/α,β-unsaturated/α-hetero) is 1. The molecule has 0 radical (unpaired) electrons. The molecule has 1 fully saturated rings. The number of amides is 1. The number of aryl methyl sites for hydroxylation is 1. The molecule has 32 heavy (non-hydrogen) atoms. The number of hydrogen-bond donors (Lipinski definition) is 1. The zero-order valence-corrected chi connectivity index (χ0v) is 17.9.